The van der Waals surface area contributed by atoms with Crippen LogP contribution in [0.25, 0.3) is 0 Å². The maximum atomic E-state index is 12.4. The highest BCUT2D eigenvalue weighted by atomic mass is 16.5. The number of amides is 1. The first kappa shape index (κ1) is 16.3. The van der Waals surface area contributed by atoms with E-state index in [1.54, 1.807) is 0 Å². The fraction of sp³-hybridized carbons (Fsp3) is 0.875. The molecule has 0 aromatic rings. The van der Waals surface area contributed by atoms with Crippen LogP contribution in [0.2, 0.25) is 0 Å². The monoisotopic (exact) mass is 297 g/mol. The Balaban J connectivity index is 1.94. The lowest BCUT2D eigenvalue weighted by molar-refractivity contribution is -0.147. The molecule has 1 aliphatic carbocycles. The molecule has 5 nitrogen and oxygen atoms in total. The number of hydrogen-bond acceptors (Lipinski definition) is 3. The van der Waals surface area contributed by atoms with Gasteiger partial charge < -0.3 is 15.2 Å². The molecule has 1 amide bonds. The number of rotatable bonds is 5. The summed E-state index contributed by atoms with van der Waals surface area (Å²) in [4.78, 5) is 23.6. The zero-order valence-electron chi connectivity index (χ0n) is 13.1. The molecule has 5 heteroatoms. The minimum absolute atomic E-state index is 0.0760. The van der Waals surface area contributed by atoms with E-state index in [-0.39, 0.29) is 23.5 Å². The number of carbonyl (C=O) groups is 2. The summed E-state index contributed by atoms with van der Waals surface area (Å²) in [5.74, 6) is -1.78. The summed E-state index contributed by atoms with van der Waals surface area (Å²) >= 11 is 0. The molecule has 1 saturated heterocycles. The number of carboxylic acid groups (broad SMARTS) is 1. The maximum absolute atomic E-state index is 12.4. The van der Waals surface area contributed by atoms with Crippen molar-refractivity contribution in [2.24, 2.45) is 11.8 Å². The number of ether oxygens (including phenoxy) is 1. The highest BCUT2D eigenvalue weighted by molar-refractivity contribution is 5.85. The molecule has 0 bridgehead atoms. The zero-order valence-corrected chi connectivity index (χ0v) is 13.1. The molecule has 2 rings (SSSR count). The average molecular weight is 297 g/mol. The van der Waals surface area contributed by atoms with Gasteiger partial charge in [0.25, 0.3) is 0 Å². The van der Waals surface area contributed by atoms with Crippen LogP contribution in [0.3, 0.4) is 0 Å². The van der Waals surface area contributed by atoms with Crippen molar-refractivity contribution in [3.63, 3.8) is 0 Å². The molecular weight excluding hydrogens is 270 g/mol. The Hall–Kier alpha value is -1.10. The summed E-state index contributed by atoms with van der Waals surface area (Å²) in [7, 11) is 0. The first-order valence-electron chi connectivity index (χ1n) is 8.18. The van der Waals surface area contributed by atoms with Crippen LogP contribution in [-0.4, -0.2) is 35.2 Å². The van der Waals surface area contributed by atoms with Crippen LogP contribution < -0.4 is 5.32 Å². The SMILES string of the molecule is CCC1(CC)CC(NC(=O)C2CCCC2C(=O)O)CCO1. The minimum atomic E-state index is -0.837. The Labute approximate surface area is 126 Å². The van der Waals surface area contributed by atoms with Crippen molar-refractivity contribution in [3.8, 4) is 0 Å². The quantitative estimate of drug-likeness (QED) is 0.816. The van der Waals surface area contributed by atoms with Crippen molar-refractivity contribution in [3.05, 3.63) is 0 Å². The molecule has 0 aromatic carbocycles. The second kappa shape index (κ2) is 6.77. The van der Waals surface area contributed by atoms with Gasteiger partial charge in [-0.05, 0) is 38.5 Å². The lowest BCUT2D eigenvalue weighted by Gasteiger charge is -2.40. The molecule has 120 valence electrons. The van der Waals surface area contributed by atoms with Crippen molar-refractivity contribution in [2.75, 3.05) is 6.61 Å². The van der Waals surface area contributed by atoms with Gasteiger partial charge in [0, 0.05) is 12.6 Å². The molecule has 2 aliphatic rings. The number of carboxylic acids is 1. The van der Waals surface area contributed by atoms with Gasteiger partial charge in [0.1, 0.15) is 0 Å². The minimum Gasteiger partial charge on any atom is -0.481 e. The van der Waals surface area contributed by atoms with E-state index in [2.05, 4.69) is 19.2 Å². The Kier molecular flexibility index (Phi) is 5.25. The Bertz CT molecular complexity index is 392. The number of nitrogens with one attached hydrogen (secondary N) is 1. The van der Waals surface area contributed by atoms with Crippen LogP contribution in [0, 0.1) is 11.8 Å². The third kappa shape index (κ3) is 3.57. The maximum Gasteiger partial charge on any atom is 0.307 e. The van der Waals surface area contributed by atoms with Gasteiger partial charge in [-0.3, -0.25) is 9.59 Å². The molecule has 1 aliphatic heterocycles. The lowest BCUT2D eigenvalue weighted by Crippen LogP contribution is -2.50. The van der Waals surface area contributed by atoms with Crippen molar-refractivity contribution in [2.45, 2.75) is 70.4 Å². The largest absolute Gasteiger partial charge is 0.481 e. The third-order valence-electron chi connectivity index (χ3n) is 5.30. The molecule has 2 N–H and O–H groups in total. The standard InChI is InChI=1S/C16H27NO4/c1-3-16(4-2)10-11(8-9-21-16)17-14(18)12-6-5-7-13(12)15(19)20/h11-13H,3-10H2,1-2H3,(H,17,18)(H,19,20). The van der Waals surface area contributed by atoms with Crippen molar-refractivity contribution in [1.82, 2.24) is 5.32 Å². The molecule has 21 heavy (non-hydrogen) atoms. The summed E-state index contributed by atoms with van der Waals surface area (Å²) in [6.45, 7) is 4.90. The highest BCUT2D eigenvalue weighted by Gasteiger charge is 2.40. The molecule has 0 radical (unpaired) electrons. The van der Waals surface area contributed by atoms with Gasteiger partial charge in [-0.2, -0.15) is 0 Å². The molecular formula is C16H27NO4. The van der Waals surface area contributed by atoms with Gasteiger partial charge >= 0.3 is 5.97 Å². The van der Waals surface area contributed by atoms with Crippen LogP contribution in [0.1, 0.15) is 58.8 Å². The Morgan fingerprint density at radius 2 is 1.86 bits per heavy atom. The lowest BCUT2D eigenvalue weighted by atomic mass is 9.85. The number of carbonyl (C=O) groups excluding carboxylic acids is 1. The molecule has 3 unspecified atom stereocenters. The molecule has 1 saturated carbocycles. The predicted molar refractivity (Wildman–Crippen MR) is 78.9 cm³/mol. The fourth-order valence-electron chi connectivity index (χ4n) is 3.77. The summed E-state index contributed by atoms with van der Waals surface area (Å²) in [6.07, 6.45) is 5.67. The smallest absolute Gasteiger partial charge is 0.307 e. The summed E-state index contributed by atoms with van der Waals surface area (Å²) in [6, 6.07) is 0.112. The number of hydrogen-bond donors (Lipinski definition) is 2. The van der Waals surface area contributed by atoms with Gasteiger partial charge in [0.05, 0.1) is 17.4 Å². The van der Waals surface area contributed by atoms with Crippen molar-refractivity contribution in [1.29, 1.82) is 0 Å². The fourth-order valence-corrected chi connectivity index (χ4v) is 3.77. The topological polar surface area (TPSA) is 75.6 Å². The van der Waals surface area contributed by atoms with Gasteiger partial charge in [-0.1, -0.05) is 20.3 Å². The van der Waals surface area contributed by atoms with Crippen LogP contribution in [0.4, 0.5) is 0 Å². The summed E-state index contributed by atoms with van der Waals surface area (Å²) in [5, 5.41) is 12.3. The van der Waals surface area contributed by atoms with E-state index in [0.717, 1.165) is 32.1 Å². The third-order valence-corrected chi connectivity index (χ3v) is 5.30. The number of aliphatic carboxylic acids is 1. The van der Waals surface area contributed by atoms with Gasteiger partial charge in [-0.15, -0.1) is 0 Å². The van der Waals surface area contributed by atoms with Crippen LogP contribution >= 0.6 is 0 Å². The van der Waals surface area contributed by atoms with Crippen LogP contribution in [0.15, 0.2) is 0 Å². The first-order chi connectivity index (χ1) is 10.0. The molecule has 1 heterocycles. The van der Waals surface area contributed by atoms with Gasteiger partial charge in [-0.25, -0.2) is 0 Å². The van der Waals surface area contributed by atoms with Crippen molar-refractivity contribution < 1.29 is 19.4 Å². The molecule has 0 aromatic heterocycles. The van der Waals surface area contributed by atoms with E-state index in [1.807, 2.05) is 0 Å². The molecule has 3 atom stereocenters. The van der Waals surface area contributed by atoms with Crippen LogP contribution in [0.5, 0.6) is 0 Å². The predicted octanol–water partition coefficient (Wildman–Crippen LogP) is 2.34. The Morgan fingerprint density at radius 3 is 2.48 bits per heavy atom. The van der Waals surface area contributed by atoms with Gasteiger partial charge in [0.2, 0.25) is 5.91 Å². The van der Waals surface area contributed by atoms with E-state index >= 15 is 0 Å². The highest BCUT2D eigenvalue weighted by Crippen LogP contribution is 2.34. The van der Waals surface area contributed by atoms with Crippen LogP contribution in [-0.2, 0) is 14.3 Å². The zero-order chi connectivity index (χ0) is 15.5. The van der Waals surface area contributed by atoms with E-state index in [4.69, 9.17) is 4.74 Å². The second-order valence-electron chi connectivity index (χ2n) is 6.42. The molecule has 2 fully saturated rings. The van der Waals surface area contributed by atoms with Gasteiger partial charge in [0.15, 0.2) is 0 Å². The van der Waals surface area contributed by atoms with E-state index in [1.165, 1.54) is 0 Å². The average Bonchev–Trinajstić information content (AvgIpc) is 2.97. The normalized spacial score (nSPS) is 31.8. The molecule has 0 spiro atoms. The van der Waals surface area contributed by atoms with E-state index < -0.39 is 11.9 Å². The second-order valence-corrected chi connectivity index (χ2v) is 6.42. The Morgan fingerprint density at radius 1 is 1.19 bits per heavy atom. The van der Waals surface area contributed by atoms with E-state index in [9.17, 15) is 14.7 Å². The van der Waals surface area contributed by atoms with E-state index in [0.29, 0.717) is 19.4 Å². The summed E-state index contributed by atoms with van der Waals surface area (Å²) < 4.78 is 5.92. The summed E-state index contributed by atoms with van der Waals surface area (Å²) in [5.41, 5.74) is -0.127. The first-order valence-corrected chi connectivity index (χ1v) is 8.18. The van der Waals surface area contributed by atoms with Crippen molar-refractivity contribution >= 4 is 11.9 Å².